The summed E-state index contributed by atoms with van der Waals surface area (Å²) in [5.41, 5.74) is 0.224. The number of carbonyl (C=O) groups is 1. The smallest absolute Gasteiger partial charge is 0.370 e. The molecule has 0 aromatic carbocycles. The van der Waals surface area contributed by atoms with Crippen molar-refractivity contribution in [1.82, 2.24) is 0 Å². The second kappa shape index (κ2) is 8.03. The number of alkyl halides is 3. The SMILES string of the molecule is CC(CC(=O)C(F)(F)F)=NC[C@@H](c1cccs1)[NH+]1CCOCC1. The molecule has 128 valence electrons. The van der Waals surface area contributed by atoms with Crippen molar-refractivity contribution in [2.24, 2.45) is 4.99 Å². The van der Waals surface area contributed by atoms with Crippen LogP contribution in [0.3, 0.4) is 0 Å². The van der Waals surface area contributed by atoms with Crippen LogP contribution in [0.2, 0.25) is 0 Å². The average molecular weight is 349 g/mol. The van der Waals surface area contributed by atoms with E-state index in [4.69, 9.17) is 4.74 Å². The third-order valence-electron chi connectivity index (χ3n) is 3.79. The van der Waals surface area contributed by atoms with Gasteiger partial charge in [-0.05, 0) is 18.4 Å². The Labute approximate surface area is 137 Å². The Kier molecular flexibility index (Phi) is 6.32. The molecule has 1 saturated heterocycles. The topological polar surface area (TPSA) is 43.1 Å². The number of aliphatic imine (C=N–C) groups is 1. The Morgan fingerprint density at radius 2 is 2.13 bits per heavy atom. The lowest BCUT2D eigenvalue weighted by Crippen LogP contribution is -3.14. The summed E-state index contributed by atoms with van der Waals surface area (Å²) < 4.78 is 42.3. The number of hydrogen-bond donors (Lipinski definition) is 1. The number of thiophene rings is 1. The van der Waals surface area contributed by atoms with Gasteiger partial charge in [-0.1, -0.05) is 6.07 Å². The third-order valence-corrected chi connectivity index (χ3v) is 4.78. The van der Waals surface area contributed by atoms with E-state index in [1.165, 1.54) is 11.8 Å². The molecule has 1 atom stereocenters. The number of hydrogen-bond acceptors (Lipinski definition) is 4. The molecule has 2 heterocycles. The molecule has 1 fully saturated rings. The first-order valence-corrected chi connectivity index (χ1v) is 8.31. The van der Waals surface area contributed by atoms with E-state index in [9.17, 15) is 18.0 Å². The van der Waals surface area contributed by atoms with Crippen molar-refractivity contribution in [1.29, 1.82) is 0 Å². The maximum atomic E-state index is 12.3. The molecule has 4 nitrogen and oxygen atoms in total. The number of ketones is 1. The summed E-state index contributed by atoms with van der Waals surface area (Å²) in [5.74, 6) is -1.75. The van der Waals surface area contributed by atoms with Gasteiger partial charge in [0.25, 0.3) is 0 Å². The second-order valence-electron chi connectivity index (χ2n) is 5.51. The Hall–Kier alpha value is -1.25. The lowest BCUT2D eigenvalue weighted by Gasteiger charge is -2.30. The van der Waals surface area contributed by atoms with E-state index >= 15 is 0 Å². The van der Waals surface area contributed by atoms with Crippen LogP contribution in [-0.2, 0) is 9.53 Å². The van der Waals surface area contributed by atoms with Gasteiger partial charge < -0.3 is 9.64 Å². The Balaban J connectivity index is 2.03. The molecular formula is C15H20F3N2O2S+. The summed E-state index contributed by atoms with van der Waals surface area (Å²) >= 11 is 1.62. The number of halogens is 3. The molecule has 1 aromatic rings. The van der Waals surface area contributed by atoms with Crippen LogP contribution in [0, 0.1) is 0 Å². The fraction of sp³-hybridized carbons (Fsp3) is 0.600. The van der Waals surface area contributed by atoms with Crippen LogP contribution in [0.25, 0.3) is 0 Å². The predicted octanol–water partition coefficient (Wildman–Crippen LogP) is 1.69. The average Bonchev–Trinajstić information content (AvgIpc) is 3.01. The molecule has 0 amide bonds. The standard InChI is InChI=1S/C15H19F3N2O2S/c1-11(9-14(21)15(16,17)18)19-10-12(13-3-2-8-23-13)20-4-6-22-7-5-20/h2-3,8,12H,4-7,9-10H2,1H3/p+1/t12-/m0/s1. The van der Waals surface area contributed by atoms with Gasteiger partial charge in [0, 0.05) is 5.71 Å². The second-order valence-corrected chi connectivity index (χ2v) is 6.49. The van der Waals surface area contributed by atoms with E-state index in [-0.39, 0.29) is 11.8 Å². The highest BCUT2D eigenvalue weighted by Crippen LogP contribution is 2.19. The van der Waals surface area contributed by atoms with Crippen LogP contribution < -0.4 is 4.90 Å². The van der Waals surface area contributed by atoms with Crippen molar-refractivity contribution in [2.45, 2.75) is 25.6 Å². The number of Topliss-reactive ketones (excluding diaryl/α,β-unsaturated/α-hetero) is 1. The predicted molar refractivity (Wildman–Crippen MR) is 82.2 cm³/mol. The molecule has 0 unspecified atom stereocenters. The Bertz CT molecular complexity index is 537. The van der Waals surface area contributed by atoms with Gasteiger partial charge in [0.15, 0.2) is 0 Å². The minimum absolute atomic E-state index is 0.0924. The quantitative estimate of drug-likeness (QED) is 0.795. The molecule has 0 spiro atoms. The lowest BCUT2D eigenvalue weighted by molar-refractivity contribution is -0.937. The summed E-state index contributed by atoms with van der Waals surface area (Å²) in [7, 11) is 0. The van der Waals surface area contributed by atoms with Crippen molar-refractivity contribution >= 4 is 22.8 Å². The Morgan fingerprint density at radius 3 is 2.70 bits per heavy atom. The number of morpholine rings is 1. The minimum atomic E-state index is -4.79. The molecule has 0 bridgehead atoms. The van der Waals surface area contributed by atoms with Gasteiger partial charge in [-0.2, -0.15) is 13.2 Å². The van der Waals surface area contributed by atoms with Gasteiger partial charge in [0.1, 0.15) is 19.1 Å². The van der Waals surface area contributed by atoms with Crippen molar-refractivity contribution in [3.05, 3.63) is 22.4 Å². The number of nitrogens with one attached hydrogen (secondary N) is 1. The number of rotatable bonds is 6. The van der Waals surface area contributed by atoms with Gasteiger partial charge in [0.2, 0.25) is 5.78 Å². The van der Waals surface area contributed by atoms with Gasteiger partial charge in [-0.25, -0.2) is 0 Å². The highest BCUT2D eigenvalue weighted by atomic mass is 32.1. The lowest BCUT2D eigenvalue weighted by atomic mass is 10.1. The molecule has 1 N–H and O–H groups in total. The van der Waals surface area contributed by atoms with Crippen LogP contribution in [0.5, 0.6) is 0 Å². The van der Waals surface area contributed by atoms with E-state index in [2.05, 4.69) is 4.99 Å². The number of nitrogens with zero attached hydrogens (tertiary/aromatic N) is 1. The van der Waals surface area contributed by atoms with E-state index < -0.39 is 18.4 Å². The Morgan fingerprint density at radius 1 is 1.43 bits per heavy atom. The van der Waals surface area contributed by atoms with E-state index in [0.29, 0.717) is 19.8 Å². The zero-order chi connectivity index (χ0) is 16.9. The first-order valence-electron chi connectivity index (χ1n) is 7.43. The molecule has 0 aliphatic carbocycles. The maximum Gasteiger partial charge on any atom is 0.450 e. The first-order chi connectivity index (χ1) is 10.9. The van der Waals surface area contributed by atoms with Gasteiger partial charge in [-0.15, -0.1) is 11.3 Å². The van der Waals surface area contributed by atoms with E-state index in [1.54, 1.807) is 11.3 Å². The summed E-state index contributed by atoms with van der Waals surface area (Å²) in [4.78, 5) is 17.7. The highest BCUT2D eigenvalue weighted by molar-refractivity contribution is 7.10. The van der Waals surface area contributed by atoms with E-state index in [0.717, 1.165) is 18.0 Å². The van der Waals surface area contributed by atoms with Crippen molar-refractivity contribution in [3.8, 4) is 0 Å². The number of ether oxygens (including phenoxy) is 1. The summed E-state index contributed by atoms with van der Waals surface area (Å²) in [6.07, 6.45) is -5.46. The summed E-state index contributed by atoms with van der Waals surface area (Å²) in [6.45, 7) is 4.90. The largest absolute Gasteiger partial charge is 0.450 e. The van der Waals surface area contributed by atoms with Crippen LogP contribution in [0.4, 0.5) is 13.2 Å². The maximum absolute atomic E-state index is 12.3. The molecular weight excluding hydrogens is 329 g/mol. The van der Waals surface area contributed by atoms with Gasteiger partial charge in [0.05, 0.1) is 31.1 Å². The minimum Gasteiger partial charge on any atom is -0.370 e. The van der Waals surface area contributed by atoms with Crippen LogP contribution in [-0.4, -0.2) is 50.5 Å². The van der Waals surface area contributed by atoms with E-state index in [1.807, 2.05) is 17.5 Å². The molecule has 23 heavy (non-hydrogen) atoms. The van der Waals surface area contributed by atoms with Crippen LogP contribution in [0.15, 0.2) is 22.5 Å². The van der Waals surface area contributed by atoms with Crippen LogP contribution >= 0.6 is 11.3 Å². The highest BCUT2D eigenvalue weighted by Gasteiger charge is 2.38. The van der Waals surface area contributed by atoms with Crippen molar-refractivity contribution < 1.29 is 27.6 Å². The number of quaternary nitrogens is 1. The van der Waals surface area contributed by atoms with Crippen LogP contribution in [0.1, 0.15) is 24.3 Å². The monoisotopic (exact) mass is 349 g/mol. The molecule has 1 aromatic heterocycles. The fourth-order valence-electron chi connectivity index (χ4n) is 2.53. The third kappa shape index (κ3) is 5.40. The first kappa shape index (κ1) is 18.1. The molecule has 2 rings (SSSR count). The number of carbonyl (C=O) groups excluding carboxylic acids is 1. The molecule has 1 aliphatic rings. The van der Waals surface area contributed by atoms with Crippen molar-refractivity contribution in [2.75, 3.05) is 32.8 Å². The van der Waals surface area contributed by atoms with Crippen molar-refractivity contribution in [3.63, 3.8) is 0 Å². The summed E-state index contributed by atoms with van der Waals surface area (Å²) in [5, 5.41) is 1.98. The zero-order valence-corrected chi connectivity index (χ0v) is 13.7. The molecule has 1 aliphatic heterocycles. The summed E-state index contributed by atoms with van der Waals surface area (Å²) in [6, 6.07) is 4.06. The zero-order valence-electron chi connectivity index (χ0n) is 12.9. The fourth-order valence-corrected chi connectivity index (χ4v) is 3.40. The molecule has 0 radical (unpaired) electrons. The van der Waals surface area contributed by atoms with Gasteiger partial charge in [-0.3, -0.25) is 9.79 Å². The normalized spacial score (nSPS) is 18.9. The molecule has 0 saturated carbocycles. The molecule has 8 heteroatoms. The van der Waals surface area contributed by atoms with Gasteiger partial charge >= 0.3 is 6.18 Å².